The third kappa shape index (κ3) is 2.92. The van der Waals surface area contributed by atoms with E-state index in [1.807, 2.05) is 6.92 Å². The second kappa shape index (κ2) is 4.61. The van der Waals surface area contributed by atoms with Crippen LogP contribution in [0.2, 0.25) is 0 Å². The van der Waals surface area contributed by atoms with E-state index < -0.39 is 12.2 Å². The maximum Gasteiger partial charge on any atom is 0.409 e. The lowest BCUT2D eigenvalue weighted by atomic mass is 10.2. The van der Waals surface area contributed by atoms with Crippen LogP contribution in [0.1, 0.15) is 25.1 Å². The zero-order valence-electron chi connectivity index (χ0n) is 8.54. The largest absolute Gasteiger partial charge is 0.409 e. The maximum absolute atomic E-state index is 12.7. The average molecular weight is 222 g/mol. The van der Waals surface area contributed by atoms with Crippen molar-refractivity contribution in [2.24, 2.45) is 7.05 Å². The fourth-order valence-corrected chi connectivity index (χ4v) is 1.24. The molecule has 0 saturated heterocycles. The lowest BCUT2D eigenvalue weighted by Crippen LogP contribution is -2.36. The smallest absolute Gasteiger partial charge is 0.301 e. The molecule has 4 nitrogen and oxygen atoms in total. The van der Waals surface area contributed by atoms with Crippen molar-refractivity contribution in [3.05, 3.63) is 11.9 Å². The number of rotatable bonds is 4. The van der Waals surface area contributed by atoms with E-state index in [0.717, 1.165) is 10.9 Å². The van der Waals surface area contributed by atoms with Crippen LogP contribution < -0.4 is 5.32 Å². The Hall–Kier alpha value is -1.11. The van der Waals surface area contributed by atoms with Crippen LogP contribution in [-0.4, -0.2) is 27.7 Å². The van der Waals surface area contributed by atoms with E-state index in [0.29, 0.717) is 13.0 Å². The third-order valence-electron chi connectivity index (χ3n) is 1.97. The van der Waals surface area contributed by atoms with Gasteiger partial charge in [-0.15, -0.1) is 5.10 Å². The Balaban J connectivity index is 2.87. The van der Waals surface area contributed by atoms with Gasteiger partial charge in [-0.25, -0.2) is 0 Å². The van der Waals surface area contributed by atoms with Crippen LogP contribution in [-0.2, 0) is 7.05 Å². The van der Waals surface area contributed by atoms with Crippen LogP contribution >= 0.6 is 0 Å². The van der Waals surface area contributed by atoms with Gasteiger partial charge in [0.25, 0.3) is 0 Å². The summed E-state index contributed by atoms with van der Waals surface area (Å²) in [5.74, 6) is 0. The van der Waals surface area contributed by atoms with Gasteiger partial charge in [-0.1, -0.05) is 12.1 Å². The molecule has 0 aromatic carbocycles. The minimum absolute atomic E-state index is 0.0240. The summed E-state index contributed by atoms with van der Waals surface area (Å²) >= 11 is 0. The standard InChI is InChI=1S/C8H13F3N4/c1-3-4-12-7(8(9,10)11)6-5-13-14-15(6)2/h5,7,12H,3-4H2,1-2H3. The minimum atomic E-state index is -4.33. The Morgan fingerprint density at radius 2 is 2.20 bits per heavy atom. The summed E-state index contributed by atoms with van der Waals surface area (Å²) < 4.78 is 39.1. The summed E-state index contributed by atoms with van der Waals surface area (Å²) in [6.07, 6.45) is -2.57. The number of hydrogen-bond acceptors (Lipinski definition) is 3. The molecule has 0 aliphatic heterocycles. The SMILES string of the molecule is CCCNC(c1cnnn1C)C(F)(F)F. The van der Waals surface area contributed by atoms with E-state index in [-0.39, 0.29) is 5.69 Å². The molecule has 0 aliphatic rings. The van der Waals surface area contributed by atoms with Crippen molar-refractivity contribution in [2.75, 3.05) is 6.54 Å². The predicted molar refractivity (Wildman–Crippen MR) is 48.1 cm³/mol. The maximum atomic E-state index is 12.7. The molecule has 1 aromatic rings. The van der Waals surface area contributed by atoms with Crippen LogP contribution in [0, 0.1) is 0 Å². The fraction of sp³-hybridized carbons (Fsp3) is 0.750. The number of alkyl halides is 3. The van der Waals surface area contributed by atoms with Gasteiger partial charge in [-0.3, -0.25) is 4.68 Å². The normalized spacial score (nSPS) is 14.2. The number of nitrogens with one attached hydrogen (secondary N) is 1. The van der Waals surface area contributed by atoms with Gasteiger partial charge >= 0.3 is 6.18 Å². The van der Waals surface area contributed by atoms with Crippen LogP contribution in [0.3, 0.4) is 0 Å². The van der Waals surface area contributed by atoms with Crippen molar-refractivity contribution in [1.29, 1.82) is 0 Å². The number of nitrogens with zero attached hydrogens (tertiary/aromatic N) is 3. The summed E-state index contributed by atoms with van der Waals surface area (Å²) in [5, 5.41) is 9.35. The molecular weight excluding hydrogens is 209 g/mol. The highest BCUT2D eigenvalue weighted by Gasteiger charge is 2.42. The van der Waals surface area contributed by atoms with Crippen LogP contribution in [0.25, 0.3) is 0 Å². The van der Waals surface area contributed by atoms with Crippen molar-refractivity contribution in [2.45, 2.75) is 25.6 Å². The average Bonchev–Trinajstić information content (AvgIpc) is 2.51. The molecule has 1 N–H and O–H groups in total. The van der Waals surface area contributed by atoms with Gasteiger partial charge in [0.1, 0.15) is 6.04 Å². The summed E-state index contributed by atoms with van der Waals surface area (Å²) in [6.45, 7) is 2.11. The molecule has 1 heterocycles. The predicted octanol–water partition coefficient (Wildman–Crippen LogP) is 1.42. The molecule has 0 fully saturated rings. The second-order valence-electron chi connectivity index (χ2n) is 3.21. The van der Waals surface area contributed by atoms with E-state index in [1.54, 1.807) is 0 Å². The molecule has 15 heavy (non-hydrogen) atoms. The minimum Gasteiger partial charge on any atom is -0.301 e. The van der Waals surface area contributed by atoms with Crippen molar-refractivity contribution < 1.29 is 13.2 Å². The molecule has 0 aliphatic carbocycles. The molecule has 1 rings (SSSR count). The van der Waals surface area contributed by atoms with Crippen molar-refractivity contribution in [3.63, 3.8) is 0 Å². The number of aryl methyl sites for hydroxylation is 1. The van der Waals surface area contributed by atoms with Crippen molar-refractivity contribution in [3.8, 4) is 0 Å². The molecule has 1 aromatic heterocycles. The van der Waals surface area contributed by atoms with Gasteiger partial charge in [0.15, 0.2) is 0 Å². The first kappa shape index (κ1) is 12.0. The molecule has 0 amide bonds. The van der Waals surface area contributed by atoms with Crippen molar-refractivity contribution >= 4 is 0 Å². The van der Waals surface area contributed by atoms with Gasteiger partial charge in [-0.2, -0.15) is 13.2 Å². The highest BCUT2D eigenvalue weighted by Crippen LogP contribution is 2.31. The Labute approximate surface area is 85.5 Å². The van der Waals surface area contributed by atoms with Gasteiger partial charge < -0.3 is 5.32 Å². The van der Waals surface area contributed by atoms with E-state index in [4.69, 9.17) is 0 Å². The first-order valence-electron chi connectivity index (χ1n) is 4.61. The molecule has 7 heteroatoms. The first-order valence-corrected chi connectivity index (χ1v) is 4.61. The van der Waals surface area contributed by atoms with Gasteiger partial charge in [0, 0.05) is 7.05 Å². The highest BCUT2D eigenvalue weighted by molar-refractivity contribution is 5.04. The van der Waals surface area contributed by atoms with Gasteiger partial charge in [-0.05, 0) is 13.0 Å². The molecule has 0 spiro atoms. The first-order chi connectivity index (χ1) is 6.96. The zero-order valence-corrected chi connectivity index (χ0v) is 8.54. The molecule has 1 atom stereocenters. The van der Waals surface area contributed by atoms with Crippen LogP contribution in [0.15, 0.2) is 6.20 Å². The van der Waals surface area contributed by atoms with Gasteiger partial charge in [0.05, 0.1) is 11.9 Å². The molecule has 0 bridgehead atoms. The summed E-state index contributed by atoms with van der Waals surface area (Å²) in [4.78, 5) is 0. The summed E-state index contributed by atoms with van der Waals surface area (Å²) in [5.41, 5.74) is 0.0240. The van der Waals surface area contributed by atoms with Crippen LogP contribution in [0.5, 0.6) is 0 Å². The Bertz CT molecular complexity index is 307. The lowest BCUT2D eigenvalue weighted by molar-refractivity contribution is -0.159. The topological polar surface area (TPSA) is 42.7 Å². The summed E-state index contributed by atoms with van der Waals surface area (Å²) in [7, 11) is 1.44. The Morgan fingerprint density at radius 1 is 1.53 bits per heavy atom. The lowest BCUT2D eigenvalue weighted by Gasteiger charge is -2.20. The molecule has 86 valence electrons. The molecular formula is C8H13F3N4. The van der Waals surface area contributed by atoms with E-state index in [1.165, 1.54) is 7.05 Å². The number of aromatic nitrogens is 3. The van der Waals surface area contributed by atoms with Crippen LogP contribution in [0.4, 0.5) is 13.2 Å². The molecule has 0 saturated carbocycles. The monoisotopic (exact) mass is 222 g/mol. The second-order valence-corrected chi connectivity index (χ2v) is 3.21. The number of halogens is 3. The quantitative estimate of drug-likeness (QED) is 0.837. The summed E-state index contributed by atoms with van der Waals surface area (Å²) in [6, 6.07) is -1.70. The highest BCUT2D eigenvalue weighted by atomic mass is 19.4. The molecule has 0 radical (unpaired) electrons. The van der Waals surface area contributed by atoms with E-state index >= 15 is 0 Å². The Morgan fingerprint density at radius 3 is 2.60 bits per heavy atom. The number of hydrogen-bond donors (Lipinski definition) is 1. The van der Waals surface area contributed by atoms with E-state index in [9.17, 15) is 13.2 Å². The van der Waals surface area contributed by atoms with Gasteiger partial charge in [0.2, 0.25) is 0 Å². The molecule has 1 unspecified atom stereocenters. The zero-order chi connectivity index (χ0) is 11.5. The fourth-order valence-electron chi connectivity index (χ4n) is 1.24. The third-order valence-corrected chi connectivity index (χ3v) is 1.97. The van der Waals surface area contributed by atoms with Crippen molar-refractivity contribution in [1.82, 2.24) is 20.3 Å². The van der Waals surface area contributed by atoms with E-state index in [2.05, 4.69) is 15.6 Å². The Kier molecular flexibility index (Phi) is 3.67.